The number of hydrogen-bond acceptors (Lipinski definition) is 2. The molecule has 0 rings (SSSR count). The molecule has 0 aliphatic rings. The first-order valence-corrected chi connectivity index (χ1v) is 8.93. The van der Waals surface area contributed by atoms with Gasteiger partial charge in [-0.3, -0.25) is 4.79 Å². The minimum atomic E-state index is 0.197. The highest BCUT2D eigenvalue weighted by Gasteiger charge is 1.99. The highest BCUT2D eigenvalue weighted by molar-refractivity contribution is 5.75. The van der Waals surface area contributed by atoms with Crippen molar-refractivity contribution in [1.29, 1.82) is 0 Å². The predicted molar refractivity (Wildman–Crippen MR) is 89.4 cm³/mol. The van der Waals surface area contributed by atoms with Gasteiger partial charge in [0.2, 0.25) is 5.91 Å². The fourth-order valence-corrected chi connectivity index (χ4v) is 2.54. The molecule has 1 amide bonds. The van der Waals surface area contributed by atoms with Crippen LogP contribution in [0.25, 0.3) is 0 Å². The zero-order chi connectivity index (χ0) is 15.8. The van der Waals surface area contributed by atoms with Gasteiger partial charge in [-0.25, -0.2) is 0 Å². The lowest BCUT2D eigenvalue weighted by molar-refractivity contribution is -0.121. The molecule has 0 bridgehead atoms. The van der Waals surface area contributed by atoms with Crippen LogP contribution >= 0.6 is 0 Å². The van der Waals surface area contributed by atoms with Gasteiger partial charge in [-0.05, 0) is 26.7 Å². The molecule has 21 heavy (non-hydrogen) atoms. The summed E-state index contributed by atoms with van der Waals surface area (Å²) in [7, 11) is 0. The Balaban J connectivity index is 3.06. The van der Waals surface area contributed by atoms with Crippen LogP contribution in [0.4, 0.5) is 0 Å². The number of unbranched alkanes of at least 4 members (excludes halogenated alkanes) is 10. The van der Waals surface area contributed by atoms with E-state index in [0.29, 0.717) is 12.2 Å². The molecular weight excluding hydrogens is 262 g/mol. The number of amides is 1. The third-order valence-corrected chi connectivity index (χ3v) is 3.81. The van der Waals surface area contributed by atoms with Gasteiger partial charge in [0.15, 0.2) is 0 Å². The summed E-state index contributed by atoms with van der Waals surface area (Å²) in [6.45, 7) is 4.38. The molecule has 0 aromatic heterocycles. The van der Waals surface area contributed by atoms with E-state index in [1.165, 1.54) is 57.8 Å². The zero-order valence-electron chi connectivity index (χ0n) is 14.2. The van der Waals surface area contributed by atoms with Crippen LogP contribution in [-0.4, -0.2) is 18.2 Å². The minimum absolute atomic E-state index is 0.197. The van der Waals surface area contributed by atoms with Crippen LogP contribution in [0, 0.1) is 0 Å². The summed E-state index contributed by atoms with van der Waals surface area (Å²) in [5, 5.41) is 2.83. The normalized spacial score (nSPS) is 10.6. The van der Waals surface area contributed by atoms with Crippen molar-refractivity contribution < 1.29 is 9.59 Å². The Labute approximate surface area is 131 Å². The van der Waals surface area contributed by atoms with Crippen molar-refractivity contribution in [2.75, 3.05) is 6.54 Å². The quantitative estimate of drug-likeness (QED) is 0.442. The highest BCUT2D eigenvalue weighted by atomic mass is 16.1. The molecule has 0 atom stereocenters. The first-order chi connectivity index (χ1) is 10.2. The van der Waals surface area contributed by atoms with Gasteiger partial charge in [0.1, 0.15) is 5.78 Å². The van der Waals surface area contributed by atoms with Crippen molar-refractivity contribution >= 4 is 11.7 Å². The largest absolute Gasteiger partial charge is 0.356 e. The highest BCUT2D eigenvalue weighted by Crippen LogP contribution is 2.12. The molecule has 0 aromatic carbocycles. The Morgan fingerprint density at radius 1 is 0.667 bits per heavy atom. The molecule has 0 radical (unpaired) electrons. The van der Waals surface area contributed by atoms with Gasteiger partial charge in [0.25, 0.3) is 0 Å². The minimum Gasteiger partial charge on any atom is -0.356 e. The Morgan fingerprint density at radius 2 is 1.05 bits per heavy atom. The topological polar surface area (TPSA) is 46.2 Å². The van der Waals surface area contributed by atoms with E-state index in [1.54, 1.807) is 6.92 Å². The second-order valence-corrected chi connectivity index (χ2v) is 6.04. The molecule has 1 N–H and O–H groups in total. The molecule has 0 saturated carbocycles. The van der Waals surface area contributed by atoms with Crippen LogP contribution in [0.5, 0.6) is 0 Å². The number of rotatable bonds is 15. The van der Waals surface area contributed by atoms with E-state index in [9.17, 15) is 9.59 Å². The van der Waals surface area contributed by atoms with Crippen molar-refractivity contribution in [3.05, 3.63) is 0 Å². The molecule has 0 unspecified atom stereocenters. The maximum Gasteiger partial charge on any atom is 0.219 e. The maximum atomic E-state index is 11.2. The van der Waals surface area contributed by atoms with Crippen LogP contribution < -0.4 is 5.32 Å². The van der Waals surface area contributed by atoms with Gasteiger partial charge >= 0.3 is 0 Å². The molecule has 0 aromatic rings. The Hall–Kier alpha value is -0.860. The Kier molecular flexibility index (Phi) is 14.9. The van der Waals surface area contributed by atoms with Gasteiger partial charge in [-0.2, -0.15) is 0 Å². The first-order valence-electron chi connectivity index (χ1n) is 8.93. The fourth-order valence-electron chi connectivity index (χ4n) is 2.54. The van der Waals surface area contributed by atoms with E-state index in [2.05, 4.69) is 5.32 Å². The summed E-state index contributed by atoms with van der Waals surface area (Å²) in [6.07, 6.45) is 15.1. The van der Waals surface area contributed by atoms with E-state index in [4.69, 9.17) is 0 Å². The van der Waals surface area contributed by atoms with Crippen LogP contribution in [0.3, 0.4) is 0 Å². The maximum absolute atomic E-state index is 11.2. The van der Waals surface area contributed by atoms with E-state index < -0.39 is 0 Å². The lowest BCUT2D eigenvalue weighted by Gasteiger charge is -2.03. The van der Waals surface area contributed by atoms with Crippen molar-refractivity contribution in [2.45, 2.75) is 97.3 Å². The van der Waals surface area contributed by atoms with Gasteiger partial charge in [0, 0.05) is 19.4 Å². The number of carbonyl (C=O) groups excluding carboxylic acids is 2. The van der Waals surface area contributed by atoms with Crippen LogP contribution in [0.15, 0.2) is 0 Å². The summed E-state index contributed by atoms with van der Waals surface area (Å²) < 4.78 is 0. The molecule has 3 heteroatoms. The van der Waals surface area contributed by atoms with Crippen LogP contribution in [-0.2, 0) is 9.59 Å². The van der Waals surface area contributed by atoms with Crippen LogP contribution in [0.2, 0.25) is 0 Å². The smallest absolute Gasteiger partial charge is 0.219 e. The van der Waals surface area contributed by atoms with Crippen molar-refractivity contribution in [1.82, 2.24) is 5.32 Å². The molecule has 0 spiro atoms. The van der Waals surface area contributed by atoms with Gasteiger partial charge in [0.05, 0.1) is 0 Å². The van der Waals surface area contributed by atoms with E-state index in [-0.39, 0.29) is 5.91 Å². The molecular formula is C18H35NO2. The van der Waals surface area contributed by atoms with Crippen molar-refractivity contribution in [2.24, 2.45) is 0 Å². The molecule has 124 valence electrons. The lowest BCUT2D eigenvalue weighted by Crippen LogP contribution is -2.21. The Bertz CT molecular complexity index is 264. The predicted octanol–water partition coefficient (Wildman–Crippen LogP) is 4.78. The van der Waals surface area contributed by atoms with Gasteiger partial charge in [-0.1, -0.05) is 57.8 Å². The fraction of sp³-hybridized carbons (Fsp3) is 0.889. The number of hydrogen-bond donors (Lipinski definition) is 1. The SMILES string of the molecule is CCNC(=O)CCCCCCCCCCCCCC(C)=O. The third kappa shape index (κ3) is 17.1. The molecule has 3 nitrogen and oxygen atoms in total. The first kappa shape index (κ1) is 20.1. The molecule has 0 saturated heterocycles. The average Bonchev–Trinajstić information content (AvgIpc) is 2.44. The van der Waals surface area contributed by atoms with Crippen LogP contribution in [0.1, 0.15) is 97.3 Å². The van der Waals surface area contributed by atoms with Crippen molar-refractivity contribution in [3.8, 4) is 0 Å². The van der Waals surface area contributed by atoms with E-state index in [1.807, 2.05) is 6.92 Å². The number of nitrogens with one attached hydrogen (secondary N) is 1. The van der Waals surface area contributed by atoms with E-state index >= 15 is 0 Å². The van der Waals surface area contributed by atoms with Gasteiger partial charge < -0.3 is 10.1 Å². The number of carbonyl (C=O) groups is 2. The summed E-state index contributed by atoms with van der Waals surface area (Å²) in [5.74, 6) is 0.518. The standard InChI is InChI=1S/C18H35NO2/c1-3-19-18(21)16-14-12-10-8-6-4-5-7-9-11-13-15-17(2)20/h3-16H2,1-2H3,(H,19,21). The lowest BCUT2D eigenvalue weighted by atomic mass is 10.0. The monoisotopic (exact) mass is 297 g/mol. The molecule has 0 aliphatic carbocycles. The summed E-state index contributed by atoms with van der Waals surface area (Å²) in [6, 6.07) is 0. The summed E-state index contributed by atoms with van der Waals surface area (Å²) in [5.41, 5.74) is 0. The molecule has 0 aliphatic heterocycles. The third-order valence-electron chi connectivity index (χ3n) is 3.81. The average molecular weight is 297 g/mol. The van der Waals surface area contributed by atoms with Crippen molar-refractivity contribution in [3.63, 3.8) is 0 Å². The molecule has 0 fully saturated rings. The second-order valence-electron chi connectivity index (χ2n) is 6.04. The summed E-state index contributed by atoms with van der Waals surface area (Å²) in [4.78, 5) is 22.0. The number of Topliss-reactive ketones (excluding diaryl/α,β-unsaturated/α-hetero) is 1. The van der Waals surface area contributed by atoms with E-state index in [0.717, 1.165) is 25.8 Å². The Morgan fingerprint density at radius 3 is 1.43 bits per heavy atom. The summed E-state index contributed by atoms with van der Waals surface area (Å²) >= 11 is 0. The second kappa shape index (κ2) is 15.5. The molecule has 0 heterocycles. The van der Waals surface area contributed by atoms with Gasteiger partial charge in [-0.15, -0.1) is 0 Å². The zero-order valence-corrected chi connectivity index (χ0v) is 14.2. The number of ketones is 1.